The fourth-order valence-electron chi connectivity index (χ4n) is 3.01. The fourth-order valence-corrected chi connectivity index (χ4v) is 3.20. The molecule has 0 atom stereocenters. The monoisotopic (exact) mass is 414 g/mol. The zero-order chi connectivity index (χ0) is 20.8. The maximum Gasteiger partial charge on any atom is 0.338 e. The van der Waals surface area contributed by atoms with Crippen molar-refractivity contribution in [2.75, 3.05) is 19.8 Å². The Labute approximate surface area is 173 Å². The highest BCUT2D eigenvalue weighted by Crippen LogP contribution is 2.42. The Balaban J connectivity index is 2.32. The molecule has 0 saturated heterocycles. The van der Waals surface area contributed by atoms with Crippen molar-refractivity contribution in [3.05, 3.63) is 77.1 Å². The maximum absolute atomic E-state index is 14.6. The Hall–Kier alpha value is -2.89. The summed E-state index contributed by atoms with van der Waals surface area (Å²) in [5.74, 6) is -0.638. The van der Waals surface area contributed by atoms with Crippen molar-refractivity contribution in [3.8, 4) is 28.0 Å². The van der Waals surface area contributed by atoms with E-state index in [4.69, 9.17) is 21.1 Å². The summed E-state index contributed by atoms with van der Waals surface area (Å²) in [7, 11) is 0. The summed E-state index contributed by atoms with van der Waals surface area (Å²) in [4.78, 5) is 12.5. The van der Waals surface area contributed by atoms with E-state index in [-0.39, 0.29) is 30.9 Å². The van der Waals surface area contributed by atoms with Crippen molar-refractivity contribution in [1.82, 2.24) is 0 Å². The van der Waals surface area contributed by atoms with Gasteiger partial charge < -0.3 is 14.6 Å². The highest BCUT2D eigenvalue weighted by molar-refractivity contribution is 6.30. The van der Waals surface area contributed by atoms with Crippen molar-refractivity contribution >= 4 is 17.6 Å². The molecule has 1 N–H and O–H groups in total. The molecule has 0 fully saturated rings. The number of carbonyl (C=O) groups is 1. The van der Waals surface area contributed by atoms with E-state index in [0.29, 0.717) is 27.5 Å². The van der Waals surface area contributed by atoms with Crippen LogP contribution in [0.25, 0.3) is 22.3 Å². The summed E-state index contributed by atoms with van der Waals surface area (Å²) in [6.07, 6.45) is 0. The van der Waals surface area contributed by atoms with E-state index in [1.807, 2.05) is 6.07 Å². The third-order valence-corrected chi connectivity index (χ3v) is 4.47. The molecule has 0 saturated carbocycles. The van der Waals surface area contributed by atoms with Gasteiger partial charge in [-0.05, 0) is 42.8 Å². The number of benzene rings is 3. The zero-order valence-electron chi connectivity index (χ0n) is 15.8. The predicted octanol–water partition coefficient (Wildman–Crippen LogP) is 5.36. The highest BCUT2D eigenvalue weighted by atomic mass is 35.5. The van der Waals surface area contributed by atoms with Crippen LogP contribution in [0.5, 0.6) is 5.75 Å². The molecule has 3 rings (SSSR count). The van der Waals surface area contributed by atoms with E-state index in [1.54, 1.807) is 49.4 Å². The lowest BCUT2D eigenvalue weighted by molar-refractivity contribution is 0.0526. The van der Waals surface area contributed by atoms with Gasteiger partial charge in [-0.25, -0.2) is 9.18 Å². The average molecular weight is 415 g/mol. The maximum atomic E-state index is 14.6. The van der Waals surface area contributed by atoms with Crippen molar-refractivity contribution in [2.24, 2.45) is 0 Å². The van der Waals surface area contributed by atoms with Gasteiger partial charge in [-0.15, -0.1) is 0 Å². The summed E-state index contributed by atoms with van der Waals surface area (Å²) >= 11 is 6.15. The van der Waals surface area contributed by atoms with Gasteiger partial charge in [0.1, 0.15) is 18.2 Å². The quantitative estimate of drug-likeness (QED) is 0.529. The smallest absolute Gasteiger partial charge is 0.338 e. The number of carbonyl (C=O) groups excluding carboxylic acids is 1. The number of halogens is 2. The molecule has 6 heteroatoms. The Morgan fingerprint density at radius 2 is 1.79 bits per heavy atom. The molecule has 0 amide bonds. The lowest BCUT2D eigenvalue weighted by Gasteiger charge is -2.18. The zero-order valence-corrected chi connectivity index (χ0v) is 16.6. The van der Waals surface area contributed by atoms with Gasteiger partial charge in [-0.2, -0.15) is 0 Å². The molecular weight excluding hydrogens is 395 g/mol. The van der Waals surface area contributed by atoms with E-state index in [2.05, 4.69) is 0 Å². The topological polar surface area (TPSA) is 55.8 Å². The Morgan fingerprint density at radius 1 is 1.03 bits per heavy atom. The molecule has 150 valence electrons. The van der Waals surface area contributed by atoms with Crippen LogP contribution in [0.2, 0.25) is 5.02 Å². The first-order valence-corrected chi connectivity index (χ1v) is 9.52. The summed E-state index contributed by atoms with van der Waals surface area (Å²) < 4.78 is 25.6. The summed E-state index contributed by atoms with van der Waals surface area (Å²) in [6.45, 7) is 1.72. The Bertz CT molecular complexity index is 1020. The van der Waals surface area contributed by atoms with Crippen molar-refractivity contribution in [3.63, 3.8) is 0 Å². The molecule has 0 aliphatic heterocycles. The second-order valence-electron chi connectivity index (χ2n) is 6.18. The molecule has 0 aliphatic carbocycles. The van der Waals surface area contributed by atoms with Gasteiger partial charge in [0, 0.05) is 21.7 Å². The minimum absolute atomic E-state index is 0.00771. The first-order valence-electron chi connectivity index (χ1n) is 9.14. The first kappa shape index (κ1) is 20.8. The molecule has 0 heterocycles. The van der Waals surface area contributed by atoms with Crippen LogP contribution in [0.1, 0.15) is 17.3 Å². The van der Waals surface area contributed by atoms with E-state index in [9.17, 15) is 14.3 Å². The van der Waals surface area contributed by atoms with Crippen molar-refractivity contribution < 1.29 is 23.8 Å². The van der Waals surface area contributed by atoms with Crippen molar-refractivity contribution in [1.29, 1.82) is 0 Å². The van der Waals surface area contributed by atoms with Crippen LogP contribution in [-0.2, 0) is 4.74 Å². The molecule has 0 aliphatic rings. The molecule has 29 heavy (non-hydrogen) atoms. The number of rotatable bonds is 7. The summed E-state index contributed by atoms with van der Waals surface area (Å²) in [5.41, 5.74) is 2.15. The first-order chi connectivity index (χ1) is 14.0. The third kappa shape index (κ3) is 4.75. The van der Waals surface area contributed by atoms with Gasteiger partial charge in [-0.1, -0.05) is 41.9 Å². The molecule has 4 nitrogen and oxygen atoms in total. The Morgan fingerprint density at radius 3 is 2.48 bits per heavy atom. The molecule has 0 unspecified atom stereocenters. The summed E-state index contributed by atoms with van der Waals surface area (Å²) in [5, 5.41) is 9.77. The minimum Gasteiger partial charge on any atom is -0.490 e. The van der Waals surface area contributed by atoms with Crippen LogP contribution >= 0.6 is 11.6 Å². The molecule has 0 radical (unpaired) electrons. The number of esters is 1. The lowest BCUT2D eigenvalue weighted by Crippen LogP contribution is -2.09. The lowest BCUT2D eigenvalue weighted by atomic mass is 9.94. The van der Waals surface area contributed by atoms with Crippen LogP contribution in [0.3, 0.4) is 0 Å². The average Bonchev–Trinajstić information content (AvgIpc) is 2.72. The number of aliphatic hydroxyl groups is 1. The molecule has 0 spiro atoms. The molecule has 0 bridgehead atoms. The van der Waals surface area contributed by atoms with Crippen LogP contribution in [0, 0.1) is 5.82 Å². The molecule has 3 aromatic carbocycles. The van der Waals surface area contributed by atoms with Gasteiger partial charge in [0.25, 0.3) is 0 Å². The van der Waals surface area contributed by atoms with E-state index >= 15 is 0 Å². The van der Waals surface area contributed by atoms with Crippen LogP contribution in [-0.4, -0.2) is 30.9 Å². The SMILES string of the molecule is CCOC(=O)c1cc(-c2cccc(Cl)c2)c(OCCO)c(-c2ccccc2F)c1. The predicted molar refractivity (Wildman–Crippen MR) is 111 cm³/mol. The highest BCUT2D eigenvalue weighted by Gasteiger charge is 2.21. The molecule has 0 aromatic heterocycles. The van der Waals surface area contributed by atoms with Crippen LogP contribution in [0.4, 0.5) is 4.39 Å². The molecule has 3 aromatic rings. The van der Waals surface area contributed by atoms with E-state index in [0.717, 1.165) is 0 Å². The number of aliphatic hydroxyl groups excluding tert-OH is 1. The van der Waals surface area contributed by atoms with Crippen LogP contribution < -0.4 is 4.74 Å². The Kier molecular flexibility index (Phi) is 6.86. The standard InChI is InChI=1S/C23H20ClFO4/c1-2-28-23(27)16-13-19(15-6-5-7-17(24)12-15)22(29-11-10-26)20(14-16)18-8-3-4-9-21(18)25/h3-9,12-14,26H,2,10-11H2,1H3. The van der Waals surface area contributed by atoms with E-state index in [1.165, 1.54) is 12.1 Å². The third-order valence-electron chi connectivity index (χ3n) is 4.24. The number of hydrogen-bond donors (Lipinski definition) is 1. The van der Waals surface area contributed by atoms with Gasteiger partial charge >= 0.3 is 5.97 Å². The number of ether oxygens (including phenoxy) is 2. The summed E-state index contributed by atoms with van der Waals surface area (Å²) in [6, 6.07) is 16.4. The second kappa shape index (κ2) is 9.54. The second-order valence-corrected chi connectivity index (χ2v) is 6.62. The van der Waals surface area contributed by atoms with Gasteiger partial charge in [0.05, 0.1) is 18.8 Å². The largest absolute Gasteiger partial charge is 0.490 e. The van der Waals surface area contributed by atoms with Gasteiger partial charge in [0.15, 0.2) is 0 Å². The van der Waals surface area contributed by atoms with Crippen molar-refractivity contribution in [2.45, 2.75) is 6.92 Å². The fraction of sp³-hybridized carbons (Fsp3) is 0.174. The van der Waals surface area contributed by atoms with Gasteiger partial charge in [0.2, 0.25) is 0 Å². The molecular formula is C23H20ClFO4. The van der Waals surface area contributed by atoms with Gasteiger partial charge in [-0.3, -0.25) is 0 Å². The van der Waals surface area contributed by atoms with Crippen LogP contribution in [0.15, 0.2) is 60.7 Å². The normalized spacial score (nSPS) is 10.6. The van der Waals surface area contributed by atoms with E-state index < -0.39 is 11.8 Å². The minimum atomic E-state index is -0.526. The number of hydrogen-bond acceptors (Lipinski definition) is 4.